The van der Waals surface area contributed by atoms with Crippen LogP contribution in [-0.2, 0) is 9.53 Å². The van der Waals surface area contributed by atoms with Gasteiger partial charge < -0.3 is 23.7 Å². The molecule has 0 aliphatic rings. The SMILES string of the molecule is COC(=O)CCCOc1ccc2c(OC)c3cc(OC)ccc3c(OC)c2c1. The molecule has 0 radical (unpaired) electrons. The maximum Gasteiger partial charge on any atom is 0.305 e. The quantitative estimate of drug-likeness (QED) is 0.327. The Morgan fingerprint density at radius 2 is 1.32 bits per heavy atom. The lowest BCUT2D eigenvalue weighted by molar-refractivity contribution is -0.140. The molecular weight excluding hydrogens is 360 g/mol. The van der Waals surface area contributed by atoms with E-state index in [1.54, 1.807) is 21.3 Å². The van der Waals surface area contributed by atoms with E-state index in [0.29, 0.717) is 25.2 Å². The van der Waals surface area contributed by atoms with Gasteiger partial charge in [-0.3, -0.25) is 4.79 Å². The van der Waals surface area contributed by atoms with Crippen LogP contribution in [0.25, 0.3) is 21.5 Å². The number of ether oxygens (including phenoxy) is 5. The number of hydrogen-bond acceptors (Lipinski definition) is 6. The zero-order valence-electron chi connectivity index (χ0n) is 16.5. The van der Waals surface area contributed by atoms with Crippen LogP contribution in [-0.4, -0.2) is 41.0 Å². The van der Waals surface area contributed by atoms with E-state index in [1.165, 1.54) is 7.11 Å². The highest BCUT2D eigenvalue weighted by molar-refractivity contribution is 6.11. The highest BCUT2D eigenvalue weighted by Gasteiger charge is 2.16. The second-order valence-electron chi connectivity index (χ2n) is 6.21. The number of hydrogen-bond donors (Lipinski definition) is 0. The normalized spacial score (nSPS) is 10.7. The summed E-state index contributed by atoms with van der Waals surface area (Å²) in [6.07, 6.45) is 0.913. The highest BCUT2D eigenvalue weighted by atomic mass is 16.5. The van der Waals surface area contributed by atoms with E-state index in [2.05, 4.69) is 4.74 Å². The second-order valence-corrected chi connectivity index (χ2v) is 6.21. The van der Waals surface area contributed by atoms with Crippen LogP contribution in [0.15, 0.2) is 36.4 Å². The molecule has 148 valence electrons. The number of fused-ring (bicyclic) bond motifs is 2. The molecule has 0 aliphatic heterocycles. The minimum Gasteiger partial charge on any atom is -0.497 e. The Hall–Kier alpha value is -3.15. The fourth-order valence-electron chi connectivity index (χ4n) is 3.27. The molecule has 0 atom stereocenters. The van der Waals surface area contributed by atoms with Gasteiger partial charge in [0.15, 0.2) is 0 Å². The Balaban J connectivity index is 2.02. The predicted molar refractivity (Wildman–Crippen MR) is 108 cm³/mol. The molecule has 0 saturated carbocycles. The predicted octanol–water partition coefficient (Wildman–Crippen LogP) is 4.35. The molecule has 0 amide bonds. The van der Waals surface area contributed by atoms with Gasteiger partial charge in [-0.15, -0.1) is 0 Å². The van der Waals surface area contributed by atoms with Crippen molar-refractivity contribution in [3.05, 3.63) is 36.4 Å². The van der Waals surface area contributed by atoms with Crippen molar-refractivity contribution in [2.24, 2.45) is 0 Å². The number of benzene rings is 3. The van der Waals surface area contributed by atoms with Gasteiger partial charge in [0.1, 0.15) is 23.0 Å². The first-order chi connectivity index (χ1) is 13.6. The molecule has 0 saturated heterocycles. The lowest BCUT2D eigenvalue weighted by atomic mass is 10.00. The molecule has 3 aromatic rings. The molecule has 0 bridgehead atoms. The number of rotatable bonds is 8. The van der Waals surface area contributed by atoms with E-state index < -0.39 is 0 Å². The Labute approximate surface area is 163 Å². The minimum atomic E-state index is -0.240. The van der Waals surface area contributed by atoms with Gasteiger partial charge in [0.25, 0.3) is 0 Å². The lowest BCUT2D eigenvalue weighted by Gasteiger charge is -2.16. The Morgan fingerprint density at radius 1 is 0.750 bits per heavy atom. The highest BCUT2D eigenvalue weighted by Crippen LogP contribution is 2.44. The number of carbonyl (C=O) groups excluding carboxylic acids is 1. The van der Waals surface area contributed by atoms with Gasteiger partial charge in [0.05, 0.1) is 35.0 Å². The average Bonchev–Trinajstić information content (AvgIpc) is 2.74. The molecule has 0 spiro atoms. The molecule has 0 fully saturated rings. The summed E-state index contributed by atoms with van der Waals surface area (Å²) in [6, 6.07) is 11.5. The van der Waals surface area contributed by atoms with Gasteiger partial charge in [-0.2, -0.15) is 0 Å². The first-order valence-electron chi connectivity index (χ1n) is 8.98. The molecule has 6 heteroatoms. The Morgan fingerprint density at radius 3 is 1.86 bits per heavy atom. The summed E-state index contributed by atoms with van der Waals surface area (Å²) < 4.78 is 27.2. The van der Waals surface area contributed by atoms with E-state index in [-0.39, 0.29) is 5.97 Å². The monoisotopic (exact) mass is 384 g/mol. The van der Waals surface area contributed by atoms with Crippen LogP contribution in [0.2, 0.25) is 0 Å². The molecule has 0 heterocycles. The van der Waals surface area contributed by atoms with Crippen molar-refractivity contribution in [1.82, 2.24) is 0 Å². The fourth-order valence-corrected chi connectivity index (χ4v) is 3.27. The van der Waals surface area contributed by atoms with Crippen molar-refractivity contribution >= 4 is 27.5 Å². The third kappa shape index (κ3) is 3.76. The number of esters is 1. The lowest BCUT2D eigenvalue weighted by Crippen LogP contribution is -2.04. The maximum absolute atomic E-state index is 11.2. The summed E-state index contributed by atoms with van der Waals surface area (Å²) in [5.41, 5.74) is 0. The van der Waals surface area contributed by atoms with Gasteiger partial charge in [0.2, 0.25) is 0 Å². The van der Waals surface area contributed by atoms with Crippen molar-refractivity contribution in [3.63, 3.8) is 0 Å². The van der Waals surface area contributed by atoms with E-state index >= 15 is 0 Å². The van der Waals surface area contributed by atoms with Gasteiger partial charge in [-0.25, -0.2) is 0 Å². The van der Waals surface area contributed by atoms with Crippen LogP contribution in [0.3, 0.4) is 0 Å². The molecule has 6 nitrogen and oxygen atoms in total. The van der Waals surface area contributed by atoms with Crippen LogP contribution in [0.4, 0.5) is 0 Å². The van der Waals surface area contributed by atoms with E-state index in [4.69, 9.17) is 18.9 Å². The van der Waals surface area contributed by atoms with Gasteiger partial charge >= 0.3 is 5.97 Å². The molecule has 0 N–H and O–H groups in total. The minimum absolute atomic E-state index is 0.240. The van der Waals surface area contributed by atoms with Gasteiger partial charge in [-0.05, 0) is 42.8 Å². The number of methoxy groups -OCH3 is 4. The number of carbonyl (C=O) groups is 1. The summed E-state index contributed by atoms with van der Waals surface area (Å²) in [7, 11) is 6.31. The third-order valence-corrected chi connectivity index (χ3v) is 4.63. The summed E-state index contributed by atoms with van der Waals surface area (Å²) in [6.45, 7) is 0.421. The summed E-state index contributed by atoms with van der Waals surface area (Å²) in [4.78, 5) is 11.2. The standard InChI is InChI=1S/C22H24O6/c1-24-14-7-9-16-18(12-14)21(26-3)17-10-8-15(13-19(17)22(16)27-4)28-11-5-6-20(23)25-2/h7-10,12-13H,5-6,11H2,1-4H3. The molecule has 28 heavy (non-hydrogen) atoms. The molecule has 3 aromatic carbocycles. The van der Waals surface area contributed by atoms with Crippen LogP contribution < -0.4 is 18.9 Å². The maximum atomic E-state index is 11.2. The van der Waals surface area contributed by atoms with Crippen molar-refractivity contribution in [1.29, 1.82) is 0 Å². The summed E-state index contributed by atoms with van der Waals surface area (Å²) in [5, 5.41) is 3.65. The first kappa shape index (κ1) is 19.6. The van der Waals surface area contributed by atoms with Crippen molar-refractivity contribution < 1.29 is 28.5 Å². The first-order valence-corrected chi connectivity index (χ1v) is 8.98. The molecule has 0 aromatic heterocycles. The molecule has 0 aliphatic carbocycles. The smallest absolute Gasteiger partial charge is 0.305 e. The van der Waals surface area contributed by atoms with Crippen LogP contribution >= 0.6 is 0 Å². The van der Waals surface area contributed by atoms with Crippen LogP contribution in [0, 0.1) is 0 Å². The summed E-state index contributed by atoms with van der Waals surface area (Å²) >= 11 is 0. The van der Waals surface area contributed by atoms with Crippen LogP contribution in [0.5, 0.6) is 23.0 Å². The van der Waals surface area contributed by atoms with Crippen molar-refractivity contribution in [3.8, 4) is 23.0 Å². The van der Waals surface area contributed by atoms with E-state index in [9.17, 15) is 4.79 Å². The Bertz CT molecular complexity index is 995. The van der Waals surface area contributed by atoms with Crippen molar-refractivity contribution in [2.45, 2.75) is 12.8 Å². The van der Waals surface area contributed by atoms with E-state index in [1.807, 2.05) is 36.4 Å². The van der Waals surface area contributed by atoms with Gasteiger partial charge in [0, 0.05) is 28.0 Å². The molecular formula is C22H24O6. The average molecular weight is 384 g/mol. The van der Waals surface area contributed by atoms with Crippen molar-refractivity contribution in [2.75, 3.05) is 35.0 Å². The second kappa shape index (κ2) is 8.69. The van der Waals surface area contributed by atoms with E-state index in [0.717, 1.165) is 38.8 Å². The third-order valence-electron chi connectivity index (χ3n) is 4.63. The van der Waals surface area contributed by atoms with Gasteiger partial charge in [-0.1, -0.05) is 0 Å². The molecule has 3 rings (SSSR count). The summed E-state index contributed by atoms with van der Waals surface area (Å²) in [5.74, 6) is 2.70. The zero-order chi connectivity index (χ0) is 20.1. The zero-order valence-corrected chi connectivity index (χ0v) is 16.5. The topological polar surface area (TPSA) is 63.2 Å². The largest absolute Gasteiger partial charge is 0.497 e. The Kier molecular flexibility index (Phi) is 6.09. The van der Waals surface area contributed by atoms with Crippen LogP contribution in [0.1, 0.15) is 12.8 Å². The molecule has 0 unspecified atom stereocenters. The fraction of sp³-hybridized carbons (Fsp3) is 0.318.